The van der Waals surface area contributed by atoms with Gasteiger partial charge in [-0.2, -0.15) is 0 Å². The van der Waals surface area contributed by atoms with Gasteiger partial charge in [-0.3, -0.25) is 0 Å². The third-order valence-corrected chi connectivity index (χ3v) is 5.04. The topological polar surface area (TPSA) is 64.6 Å². The number of piperazine rings is 1. The Morgan fingerprint density at radius 2 is 1.96 bits per heavy atom. The standard InChI is InChI=1S/C18H30N6O/c1-15-5-3-8-22(13-15)14-16(2)21-18(25)24-11-9-23(10-12-24)17-19-6-4-7-20-17/h4,6-7,15-16H,3,5,8-14H2,1-2H3,(H,21,25)/t15-,16-/m0/s1. The minimum absolute atomic E-state index is 0.0474. The lowest BCUT2D eigenvalue weighted by Gasteiger charge is -2.36. The summed E-state index contributed by atoms with van der Waals surface area (Å²) in [5, 5.41) is 3.16. The van der Waals surface area contributed by atoms with Gasteiger partial charge in [0.1, 0.15) is 0 Å². The maximum Gasteiger partial charge on any atom is 0.317 e. The molecule has 2 aliphatic heterocycles. The number of anilines is 1. The molecular weight excluding hydrogens is 316 g/mol. The Morgan fingerprint density at radius 3 is 2.64 bits per heavy atom. The predicted octanol–water partition coefficient (Wildman–Crippen LogP) is 1.43. The molecule has 7 nitrogen and oxygen atoms in total. The van der Waals surface area contributed by atoms with E-state index in [-0.39, 0.29) is 12.1 Å². The van der Waals surface area contributed by atoms with Crippen LogP contribution in [0, 0.1) is 5.92 Å². The van der Waals surface area contributed by atoms with Gasteiger partial charge in [-0.1, -0.05) is 6.92 Å². The number of likely N-dealkylation sites (tertiary alicyclic amines) is 1. The van der Waals surface area contributed by atoms with Gasteiger partial charge in [0, 0.05) is 57.7 Å². The van der Waals surface area contributed by atoms with Crippen LogP contribution in [-0.4, -0.2) is 77.7 Å². The van der Waals surface area contributed by atoms with Crippen LogP contribution in [0.5, 0.6) is 0 Å². The third kappa shape index (κ3) is 5.04. The fourth-order valence-electron chi connectivity index (χ4n) is 3.75. The predicted molar refractivity (Wildman–Crippen MR) is 98.6 cm³/mol. The van der Waals surface area contributed by atoms with Crippen LogP contribution < -0.4 is 10.2 Å². The van der Waals surface area contributed by atoms with E-state index in [0.717, 1.165) is 44.6 Å². The Labute approximate surface area is 150 Å². The zero-order valence-corrected chi connectivity index (χ0v) is 15.4. The molecule has 1 N–H and O–H groups in total. The van der Waals surface area contributed by atoms with Gasteiger partial charge in [0.15, 0.2) is 0 Å². The molecule has 0 saturated carbocycles. The second kappa shape index (κ2) is 8.47. The van der Waals surface area contributed by atoms with E-state index >= 15 is 0 Å². The summed E-state index contributed by atoms with van der Waals surface area (Å²) in [6, 6.07) is 2.04. The van der Waals surface area contributed by atoms with Gasteiger partial charge in [0.2, 0.25) is 5.95 Å². The summed E-state index contributed by atoms with van der Waals surface area (Å²) in [5.74, 6) is 1.51. The van der Waals surface area contributed by atoms with Crippen molar-refractivity contribution in [3.8, 4) is 0 Å². The Kier molecular flexibility index (Phi) is 6.07. The molecular formula is C18H30N6O. The molecule has 2 amide bonds. The quantitative estimate of drug-likeness (QED) is 0.893. The third-order valence-electron chi connectivity index (χ3n) is 5.04. The van der Waals surface area contributed by atoms with E-state index in [9.17, 15) is 4.79 Å². The Hall–Kier alpha value is -1.89. The summed E-state index contributed by atoms with van der Waals surface area (Å²) in [7, 11) is 0. The van der Waals surface area contributed by atoms with Crippen LogP contribution in [0.15, 0.2) is 18.5 Å². The summed E-state index contributed by atoms with van der Waals surface area (Å²) < 4.78 is 0. The number of carbonyl (C=O) groups excluding carboxylic acids is 1. The van der Waals surface area contributed by atoms with Crippen molar-refractivity contribution in [2.24, 2.45) is 5.92 Å². The van der Waals surface area contributed by atoms with Crippen molar-refractivity contribution in [2.75, 3.05) is 50.7 Å². The van der Waals surface area contributed by atoms with Crippen LogP contribution in [-0.2, 0) is 0 Å². The van der Waals surface area contributed by atoms with Crippen LogP contribution in [0.4, 0.5) is 10.7 Å². The smallest absolute Gasteiger partial charge is 0.317 e. The number of hydrogen-bond donors (Lipinski definition) is 1. The first kappa shape index (κ1) is 17.9. The van der Waals surface area contributed by atoms with E-state index < -0.39 is 0 Å². The van der Waals surface area contributed by atoms with Gasteiger partial charge < -0.3 is 20.0 Å². The van der Waals surface area contributed by atoms with E-state index in [2.05, 4.69) is 38.9 Å². The summed E-state index contributed by atoms with van der Waals surface area (Å²) in [6.45, 7) is 10.6. The van der Waals surface area contributed by atoms with Crippen molar-refractivity contribution in [1.82, 2.24) is 25.1 Å². The maximum atomic E-state index is 12.5. The number of urea groups is 1. The van der Waals surface area contributed by atoms with E-state index in [1.165, 1.54) is 12.8 Å². The van der Waals surface area contributed by atoms with E-state index in [0.29, 0.717) is 13.1 Å². The molecule has 3 rings (SSSR count). The molecule has 7 heteroatoms. The minimum atomic E-state index is 0.0474. The highest BCUT2D eigenvalue weighted by Gasteiger charge is 2.24. The number of carbonyl (C=O) groups is 1. The fourth-order valence-corrected chi connectivity index (χ4v) is 3.75. The van der Waals surface area contributed by atoms with Gasteiger partial charge in [-0.05, 0) is 38.3 Å². The molecule has 0 aliphatic carbocycles. The van der Waals surface area contributed by atoms with Gasteiger partial charge >= 0.3 is 6.03 Å². The Morgan fingerprint density at radius 1 is 1.24 bits per heavy atom. The van der Waals surface area contributed by atoms with Crippen molar-refractivity contribution in [3.63, 3.8) is 0 Å². The SMILES string of the molecule is C[C@H]1CCCN(C[C@H](C)NC(=O)N2CCN(c3ncccn3)CC2)C1. The molecule has 2 atom stereocenters. The summed E-state index contributed by atoms with van der Waals surface area (Å²) >= 11 is 0. The van der Waals surface area contributed by atoms with Crippen LogP contribution >= 0.6 is 0 Å². The van der Waals surface area contributed by atoms with Crippen molar-refractivity contribution in [2.45, 2.75) is 32.7 Å². The number of piperidine rings is 1. The lowest BCUT2D eigenvalue weighted by molar-refractivity contribution is 0.160. The number of rotatable bonds is 4. The average molecular weight is 346 g/mol. The molecule has 0 bridgehead atoms. The maximum absolute atomic E-state index is 12.5. The molecule has 0 radical (unpaired) electrons. The van der Waals surface area contributed by atoms with E-state index in [1.807, 2.05) is 11.0 Å². The largest absolute Gasteiger partial charge is 0.337 e. The van der Waals surface area contributed by atoms with Crippen LogP contribution in [0.2, 0.25) is 0 Å². The molecule has 2 aliphatic rings. The van der Waals surface area contributed by atoms with Gasteiger partial charge in [0.25, 0.3) is 0 Å². The average Bonchev–Trinajstić information content (AvgIpc) is 2.62. The molecule has 25 heavy (non-hydrogen) atoms. The van der Waals surface area contributed by atoms with E-state index in [1.54, 1.807) is 12.4 Å². The highest BCUT2D eigenvalue weighted by molar-refractivity contribution is 5.74. The van der Waals surface area contributed by atoms with Gasteiger partial charge in [-0.15, -0.1) is 0 Å². The molecule has 1 aromatic heterocycles. The molecule has 2 saturated heterocycles. The van der Waals surface area contributed by atoms with Crippen LogP contribution in [0.3, 0.4) is 0 Å². The Bertz CT molecular complexity index is 546. The van der Waals surface area contributed by atoms with E-state index in [4.69, 9.17) is 0 Å². The molecule has 0 unspecified atom stereocenters. The fraction of sp³-hybridized carbons (Fsp3) is 0.722. The Balaban J connectivity index is 1.41. The number of nitrogens with one attached hydrogen (secondary N) is 1. The second-order valence-corrected chi connectivity index (χ2v) is 7.38. The first-order chi connectivity index (χ1) is 12.1. The zero-order chi connectivity index (χ0) is 17.6. The molecule has 3 heterocycles. The number of amides is 2. The molecule has 1 aromatic rings. The lowest BCUT2D eigenvalue weighted by Crippen LogP contribution is -2.55. The monoisotopic (exact) mass is 346 g/mol. The van der Waals surface area contributed by atoms with Crippen LogP contribution in [0.25, 0.3) is 0 Å². The molecule has 0 aromatic carbocycles. The number of nitrogens with zero attached hydrogens (tertiary/aromatic N) is 5. The first-order valence-corrected chi connectivity index (χ1v) is 9.41. The minimum Gasteiger partial charge on any atom is -0.337 e. The summed E-state index contributed by atoms with van der Waals surface area (Å²) in [5.41, 5.74) is 0. The zero-order valence-electron chi connectivity index (χ0n) is 15.4. The molecule has 138 valence electrons. The second-order valence-electron chi connectivity index (χ2n) is 7.38. The summed E-state index contributed by atoms with van der Waals surface area (Å²) in [6.07, 6.45) is 6.10. The van der Waals surface area contributed by atoms with Crippen molar-refractivity contribution in [1.29, 1.82) is 0 Å². The normalized spacial score (nSPS) is 23.4. The number of hydrogen-bond acceptors (Lipinski definition) is 5. The number of aromatic nitrogens is 2. The highest BCUT2D eigenvalue weighted by Crippen LogP contribution is 2.15. The first-order valence-electron chi connectivity index (χ1n) is 9.41. The highest BCUT2D eigenvalue weighted by atomic mass is 16.2. The van der Waals surface area contributed by atoms with Crippen molar-refractivity contribution in [3.05, 3.63) is 18.5 Å². The van der Waals surface area contributed by atoms with Crippen LogP contribution in [0.1, 0.15) is 26.7 Å². The molecule has 2 fully saturated rings. The lowest BCUT2D eigenvalue weighted by atomic mass is 10.00. The van der Waals surface area contributed by atoms with Gasteiger partial charge in [-0.25, -0.2) is 14.8 Å². The van der Waals surface area contributed by atoms with Crippen molar-refractivity contribution < 1.29 is 4.79 Å². The van der Waals surface area contributed by atoms with Crippen molar-refractivity contribution >= 4 is 12.0 Å². The summed E-state index contributed by atoms with van der Waals surface area (Å²) in [4.78, 5) is 27.6. The molecule has 0 spiro atoms. The van der Waals surface area contributed by atoms with Gasteiger partial charge in [0.05, 0.1) is 0 Å².